The van der Waals surface area contributed by atoms with E-state index in [0.717, 1.165) is 39.0 Å². The van der Waals surface area contributed by atoms with Gasteiger partial charge in [-0.3, -0.25) is 10.1 Å². The molecule has 1 aromatic heterocycles. The number of nitrogen functional groups attached to an aromatic ring is 1. The molecule has 138 valence electrons. The average Bonchev–Trinajstić information content (AvgIpc) is 3.04. The van der Waals surface area contributed by atoms with Gasteiger partial charge in [-0.25, -0.2) is 0 Å². The van der Waals surface area contributed by atoms with Crippen LogP contribution in [0.25, 0.3) is 0 Å². The molecule has 3 N–H and O–H groups in total. The van der Waals surface area contributed by atoms with E-state index >= 15 is 0 Å². The zero-order chi connectivity index (χ0) is 18.0. The second kappa shape index (κ2) is 7.38. The number of nitrogens with two attached hydrogens (primary N) is 1. The minimum atomic E-state index is -0.529. The quantitative estimate of drug-likeness (QED) is 0.611. The van der Waals surface area contributed by atoms with Crippen molar-refractivity contribution >= 4 is 23.3 Å². The zero-order valence-electron chi connectivity index (χ0n) is 14.8. The third-order valence-corrected chi connectivity index (χ3v) is 4.75. The maximum atomic E-state index is 11.4. The van der Waals surface area contributed by atoms with Gasteiger partial charge >= 0.3 is 5.69 Å². The van der Waals surface area contributed by atoms with Crippen LogP contribution in [-0.2, 0) is 4.74 Å². The Balaban J connectivity index is 1.85. The van der Waals surface area contributed by atoms with Gasteiger partial charge in [0.05, 0.1) is 11.0 Å². The summed E-state index contributed by atoms with van der Waals surface area (Å²) in [6.07, 6.45) is 3.16. The predicted molar refractivity (Wildman–Crippen MR) is 95.7 cm³/mol. The van der Waals surface area contributed by atoms with E-state index in [4.69, 9.17) is 10.5 Å². The number of nitrogens with zero attached hydrogens (tertiary/aromatic N) is 4. The Hall–Kier alpha value is -2.16. The number of nitro groups is 1. The minimum Gasteiger partial charge on any atom is -0.378 e. The van der Waals surface area contributed by atoms with E-state index < -0.39 is 4.92 Å². The molecule has 0 saturated carbocycles. The van der Waals surface area contributed by atoms with Gasteiger partial charge in [0.25, 0.3) is 0 Å². The van der Waals surface area contributed by atoms with Gasteiger partial charge in [0.2, 0.25) is 17.6 Å². The van der Waals surface area contributed by atoms with Gasteiger partial charge in [0.1, 0.15) is 0 Å². The number of nitrogens with one attached hydrogen (secondary N) is 1. The second-order valence-corrected chi connectivity index (χ2v) is 7.23. The maximum absolute atomic E-state index is 11.4. The van der Waals surface area contributed by atoms with E-state index in [-0.39, 0.29) is 23.4 Å². The highest BCUT2D eigenvalue weighted by Crippen LogP contribution is 2.32. The van der Waals surface area contributed by atoms with Gasteiger partial charge in [0.15, 0.2) is 0 Å². The van der Waals surface area contributed by atoms with Gasteiger partial charge in [-0.2, -0.15) is 9.97 Å². The number of rotatable bonds is 5. The van der Waals surface area contributed by atoms with E-state index in [1.54, 1.807) is 0 Å². The fourth-order valence-electron chi connectivity index (χ4n) is 3.75. The van der Waals surface area contributed by atoms with Crippen LogP contribution in [0.1, 0.15) is 33.1 Å². The van der Waals surface area contributed by atoms with Crippen LogP contribution in [0.3, 0.4) is 0 Å². The SMILES string of the molecule is C[C@@H]1C[C@@H](C)CN(c2nc(N)c([N+](=O)[O-])c(NC[C@@H]3CCCO3)n2)C1. The van der Waals surface area contributed by atoms with Crippen LogP contribution in [0, 0.1) is 22.0 Å². The number of hydrogen-bond donors (Lipinski definition) is 2. The molecule has 0 amide bonds. The summed E-state index contributed by atoms with van der Waals surface area (Å²) in [6, 6.07) is 0. The maximum Gasteiger partial charge on any atom is 0.353 e. The van der Waals surface area contributed by atoms with Crippen molar-refractivity contribution in [1.82, 2.24) is 9.97 Å². The fourth-order valence-corrected chi connectivity index (χ4v) is 3.75. The monoisotopic (exact) mass is 350 g/mol. The lowest BCUT2D eigenvalue weighted by molar-refractivity contribution is -0.383. The van der Waals surface area contributed by atoms with Crippen molar-refractivity contribution in [2.45, 2.75) is 39.2 Å². The molecule has 9 nitrogen and oxygen atoms in total. The van der Waals surface area contributed by atoms with Crippen LogP contribution in [0.4, 0.5) is 23.3 Å². The first-order valence-corrected chi connectivity index (χ1v) is 8.86. The van der Waals surface area contributed by atoms with Crippen molar-refractivity contribution in [1.29, 1.82) is 0 Å². The number of aromatic nitrogens is 2. The molecule has 0 unspecified atom stereocenters. The van der Waals surface area contributed by atoms with Crippen molar-refractivity contribution in [3.05, 3.63) is 10.1 Å². The molecule has 1 aromatic rings. The lowest BCUT2D eigenvalue weighted by Crippen LogP contribution is -2.40. The molecule has 2 saturated heterocycles. The van der Waals surface area contributed by atoms with Crippen LogP contribution < -0.4 is 16.0 Å². The topological polar surface area (TPSA) is 119 Å². The predicted octanol–water partition coefficient (Wildman–Crippen LogP) is 2.04. The van der Waals surface area contributed by atoms with Crippen LogP contribution in [0.2, 0.25) is 0 Å². The van der Waals surface area contributed by atoms with Crippen molar-refractivity contribution in [3.63, 3.8) is 0 Å². The highest BCUT2D eigenvalue weighted by molar-refractivity contribution is 5.70. The molecule has 25 heavy (non-hydrogen) atoms. The summed E-state index contributed by atoms with van der Waals surface area (Å²) in [4.78, 5) is 21.6. The molecule has 0 aromatic carbocycles. The number of anilines is 3. The van der Waals surface area contributed by atoms with Crippen LogP contribution in [-0.4, -0.2) is 47.2 Å². The summed E-state index contributed by atoms with van der Waals surface area (Å²) in [5.41, 5.74) is 5.63. The first kappa shape index (κ1) is 17.7. The van der Waals surface area contributed by atoms with Crippen molar-refractivity contribution in [2.24, 2.45) is 11.8 Å². The normalized spacial score (nSPS) is 26.6. The Morgan fingerprint density at radius 1 is 1.36 bits per heavy atom. The van der Waals surface area contributed by atoms with E-state index in [9.17, 15) is 10.1 Å². The molecule has 9 heteroatoms. The minimum absolute atomic E-state index is 0.0503. The average molecular weight is 350 g/mol. The van der Waals surface area contributed by atoms with E-state index in [2.05, 4.69) is 34.0 Å². The third kappa shape index (κ3) is 4.09. The Morgan fingerprint density at radius 3 is 2.68 bits per heavy atom. The van der Waals surface area contributed by atoms with Gasteiger partial charge < -0.3 is 20.7 Å². The highest BCUT2D eigenvalue weighted by atomic mass is 16.6. The van der Waals surface area contributed by atoms with E-state index in [1.165, 1.54) is 0 Å². The lowest BCUT2D eigenvalue weighted by atomic mass is 9.92. The Kier molecular flexibility index (Phi) is 5.22. The zero-order valence-corrected chi connectivity index (χ0v) is 14.8. The van der Waals surface area contributed by atoms with Gasteiger partial charge in [0, 0.05) is 26.2 Å². The lowest BCUT2D eigenvalue weighted by Gasteiger charge is -2.35. The van der Waals surface area contributed by atoms with Gasteiger partial charge in [-0.05, 0) is 31.1 Å². The molecule has 3 atom stereocenters. The van der Waals surface area contributed by atoms with E-state index in [0.29, 0.717) is 24.3 Å². The summed E-state index contributed by atoms with van der Waals surface area (Å²) in [5, 5.41) is 14.4. The molecule has 0 bridgehead atoms. The van der Waals surface area contributed by atoms with Gasteiger partial charge in [-0.1, -0.05) is 13.8 Å². The molecule has 3 rings (SSSR count). The molecule has 0 aliphatic carbocycles. The van der Waals surface area contributed by atoms with E-state index in [1.807, 2.05) is 0 Å². The summed E-state index contributed by atoms with van der Waals surface area (Å²) in [7, 11) is 0. The molecular formula is C16H26N6O3. The number of ether oxygens (including phenoxy) is 1. The Bertz CT molecular complexity index is 625. The summed E-state index contributed by atoms with van der Waals surface area (Å²) < 4.78 is 5.56. The largest absolute Gasteiger partial charge is 0.378 e. The van der Waals surface area contributed by atoms with Crippen LogP contribution in [0.15, 0.2) is 0 Å². The number of hydrogen-bond acceptors (Lipinski definition) is 8. The first-order chi connectivity index (χ1) is 11.9. The first-order valence-electron chi connectivity index (χ1n) is 8.86. The molecule has 3 heterocycles. The third-order valence-electron chi connectivity index (χ3n) is 4.75. The molecular weight excluding hydrogens is 324 g/mol. The fraction of sp³-hybridized carbons (Fsp3) is 0.750. The smallest absolute Gasteiger partial charge is 0.353 e. The Morgan fingerprint density at radius 2 is 2.08 bits per heavy atom. The standard InChI is InChI=1S/C16H26N6O3/c1-10-6-11(2)9-21(8-10)16-19-14(17)13(22(23)24)15(20-16)18-7-12-4-3-5-25-12/h10-12H,3-9H2,1-2H3,(H3,17,18,19,20)/t10-,11-,12+/m1/s1. The van der Waals surface area contributed by atoms with Crippen molar-refractivity contribution in [3.8, 4) is 0 Å². The highest BCUT2D eigenvalue weighted by Gasteiger charge is 2.29. The number of piperidine rings is 1. The van der Waals surface area contributed by atoms with Gasteiger partial charge in [-0.15, -0.1) is 0 Å². The van der Waals surface area contributed by atoms with Crippen LogP contribution >= 0.6 is 0 Å². The Labute approximate surface area is 147 Å². The molecule has 0 radical (unpaired) electrons. The molecule has 2 fully saturated rings. The molecule has 0 spiro atoms. The molecule has 2 aliphatic heterocycles. The van der Waals surface area contributed by atoms with Crippen molar-refractivity contribution < 1.29 is 9.66 Å². The molecule has 2 aliphatic rings. The summed E-state index contributed by atoms with van der Waals surface area (Å²) in [6.45, 7) is 7.24. The van der Waals surface area contributed by atoms with Crippen molar-refractivity contribution in [2.75, 3.05) is 42.2 Å². The summed E-state index contributed by atoms with van der Waals surface area (Å²) >= 11 is 0. The summed E-state index contributed by atoms with van der Waals surface area (Å²) in [5.74, 6) is 1.57. The van der Waals surface area contributed by atoms with Crippen LogP contribution in [0.5, 0.6) is 0 Å². The second-order valence-electron chi connectivity index (χ2n) is 7.23.